The molecule has 0 radical (unpaired) electrons. The Hall–Kier alpha value is -1.00. The first-order valence-corrected chi connectivity index (χ1v) is 9.68. The van der Waals surface area contributed by atoms with Crippen LogP contribution in [0.4, 0.5) is 0 Å². The fourth-order valence-corrected chi connectivity index (χ4v) is 4.48. The van der Waals surface area contributed by atoms with Crippen LogP contribution in [-0.4, -0.2) is 6.16 Å². The zero-order valence-electron chi connectivity index (χ0n) is 13.3. The normalized spacial score (nSPS) is 9.52. The van der Waals surface area contributed by atoms with Gasteiger partial charge in [0.05, 0.1) is 0 Å². The third-order valence-corrected chi connectivity index (χ3v) is 5.49. The van der Waals surface area contributed by atoms with E-state index >= 15 is 0 Å². The van der Waals surface area contributed by atoms with E-state index in [9.17, 15) is 0 Å². The third-order valence-electron chi connectivity index (χ3n) is 3.04. The molecule has 0 aliphatic carbocycles. The van der Waals surface area contributed by atoms with E-state index in [1.165, 1.54) is 22.1 Å². The highest BCUT2D eigenvalue weighted by Crippen LogP contribution is 2.32. The number of rotatable bonds is 3. The highest BCUT2D eigenvalue weighted by atomic mass is 79.9. The number of benzene rings is 3. The van der Waals surface area contributed by atoms with Crippen LogP contribution >= 0.6 is 34.1 Å². The van der Waals surface area contributed by atoms with Gasteiger partial charge in [0.15, 0.2) is 0 Å². The second kappa shape index (κ2) is 11.5. The van der Waals surface area contributed by atoms with Gasteiger partial charge >= 0.3 is 0 Å². The van der Waals surface area contributed by atoms with E-state index in [0.717, 1.165) is 0 Å². The molecule has 0 N–H and O–H groups in total. The molecule has 0 fully saturated rings. The summed E-state index contributed by atoms with van der Waals surface area (Å²) in [5.74, 6) is 0. The summed E-state index contributed by atoms with van der Waals surface area (Å²) in [6.07, 6.45) is 1.17. The van der Waals surface area contributed by atoms with Gasteiger partial charge in [0.25, 0.3) is 0 Å². The summed E-state index contributed by atoms with van der Waals surface area (Å²) in [6, 6.07) is 32.3. The molecule has 3 heteroatoms. The molecule has 1 atom stereocenters. The second-order valence-corrected chi connectivity index (χ2v) is 7.79. The van der Waals surface area contributed by atoms with Crippen LogP contribution in [-0.2, 0) is 0 Å². The van der Waals surface area contributed by atoms with Crippen LogP contribution < -0.4 is 15.9 Å². The van der Waals surface area contributed by atoms with Crippen molar-refractivity contribution in [3.05, 3.63) is 91.0 Å². The van der Waals surface area contributed by atoms with Gasteiger partial charge in [-0.3, -0.25) is 0 Å². The summed E-state index contributed by atoms with van der Waals surface area (Å²) in [4.78, 5) is 0. The second-order valence-electron chi connectivity index (χ2n) is 4.75. The van der Waals surface area contributed by atoms with Crippen molar-refractivity contribution in [3.8, 4) is 0 Å². The quantitative estimate of drug-likeness (QED) is 0.544. The molecule has 0 amide bonds. The largest absolute Gasteiger partial charge is 0.138 e. The Kier molecular flexibility index (Phi) is 10.0. The topological polar surface area (TPSA) is 0 Å². The van der Waals surface area contributed by atoms with Gasteiger partial charge in [0.2, 0.25) is 0 Å². The van der Waals surface area contributed by atoms with Crippen molar-refractivity contribution in [2.45, 2.75) is 6.92 Å². The lowest BCUT2D eigenvalue weighted by Crippen LogP contribution is -2.20. The fourth-order valence-electron chi connectivity index (χ4n) is 2.18. The summed E-state index contributed by atoms with van der Waals surface area (Å²) in [5, 5.41) is 4.19. The van der Waals surface area contributed by atoms with E-state index in [1.807, 2.05) is 0 Å². The molecule has 23 heavy (non-hydrogen) atoms. The number of hydrogen-bond donors (Lipinski definition) is 0. The Morgan fingerprint density at radius 3 is 1.04 bits per heavy atom. The van der Waals surface area contributed by atoms with Gasteiger partial charge in [-0.1, -0.05) is 97.9 Å². The number of halogens is 1. The molecule has 0 nitrogen and oxygen atoms in total. The summed E-state index contributed by atoms with van der Waals surface area (Å²) in [5.41, 5.74) is 0. The van der Waals surface area contributed by atoms with Crippen LogP contribution in [0.5, 0.6) is 0 Å². The highest BCUT2D eigenvalue weighted by Gasteiger charge is 2.14. The highest BCUT2D eigenvalue weighted by molar-refractivity contribution is 8.93. The van der Waals surface area contributed by atoms with E-state index < -0.39 is 7.92 Å². The van der Waals surface area contributed by atoms with Crippen molar-refractivity contribution in [2.24, 2.45) is 0 Å². The van der Waals surface area contributed by atoms with E-state index in [1.54, 1.807) is 0 Å². The lowest BCUT2D eigenvalue weighted by molar-refractivity contribution is 1.53. The minimum Gasteiger partial charge on any atom is -0.138 e. The van der Waals surface area contributed by atoms with Crippen molar-refractivity contribution in [1.82, 2.24) is 0 Å². The fraction of sp³-hybridized carbons (Fsp3) is 0.100. The zero-order valence-corrected chi connectivity index (χ0v) is 17.1. The van der Waals surface area contributed by atoms with Gasteiger partial charge in [-0.2, -0.15) is 0 Å². The average molecular weight is 405 g/mol. The molecule has 0 aromatic heterocycles. The van der Waals surface area contributed by atoms with Crippen molar-refractivity contribution >= 4 is 50.1 Å². The van der Waals surface area contributed by atoms with Crippen molar-refractivity contribution in [1.29, 1.82) is 0 Å². The molecule has 3 aromatic rings. The third kappa shape index (κ3) is 6.19. The molecule has 0 spiro atoms. The van der Waals surface area contributed by atoms with Gasteiger partial charge in [0.1, 0.15) is 0 Å². The van der Waals surface area contributed by atoms with E-state index in [0.29, 0.717) is 0 Å². The first-order chi connectivity index (χ1) is 10.9. The Morgan fingerprint density at radius 2 is 0.826 bits per heavy atom. The average Bonchev–Trinajstić information content (AvgIpc) is 2.59. The van der Waals surface area contributed by atoms with Crippen LogP contribution in [0, 0.1) is 0 Å². The Bertz CT molecular complexity index is 548. The first-order valence-electron chi connectivity index (χ1n) is 7.52. The summed E-state index contributed by atoms with van der Waals surface area (Å²) < 4.78 is 0. The standard InChI is InChI=1S/C18H15P.C2H7P.BrH/c1-4-10-16(11-5-1)19(17-12-6-2-7-13-17)18-14-8-3-9-15-18;1-2-3;/h1-15H;2-3H2,1H3;1H. The minimum absolute atomic E-state index is 0. The molecule has 0 bridgehead atoms. The van der Waals surface area contributed by atoms with Crippen LogP contribution in [0.25, 0.3) is 0 Å². The summed E-state index contributed by atoms with van der Waals surface area (Å²) in [7, 11) is 2.13. The van der Waals surface area contributed by atoms with Crippen LogP contribution in [0.3, 0.4) is 0 Å². The van der Waals surface area contributed by atoms with E-state index in [4.69, 9.17) is 0 Å². The molecule has 3 aromatic carbocycles. The molecule has 1 unspecified atom stereocenters. The molecule has 0 aliphatic heterocycles. The van der Waals surface area contributed by atoms with Gasteiger partial charge in [-0.25, -0.2) is 0 Å². The van der Waals surface area contributed by atoms with Gasteiger partial charge in [-0.05, 0) is 30.0 Å². The summed E-state index contributed by atoms with van der Waals surface area (Å²) >= 11 is 0. The van der Waals surface area contributed by atoms with Gasteiger partial charge in [-0.15, -0.1) is 26.2 Å². The SMILES string of the molecule is Br.CCP.c1ccc(P(c2ccccc2)c2ccccc2)cc1. The molecular weight excluding hydrogens is 382 g/mol. The van der Waals surface area contributed by atoms with Crippen molar-refractivity contribution < 1.29 is 0 Å². The predicted molar refractivity (Wildman–Crippen MR) is 116 cm³/mol. The van der Waals surface area contributed by atoms with Gasteiger partial charge < -0.3 is 0 Å². The maximum atomic E-state index is 2.58. The Labute approximate surface area is 154 Å². The molecule has 120 valence electrons. The molecule has 0 saturated heterocycles. The van der Waals surface area contributed by atoms with Crippen LogP contribution in [0.15, 0.2) is 91.0 Å². The molecule has 0 heterocycles. The molecule has 0 aliphatic rings. The van der Waals surface area contributed by atoms with Crippen molar-refractivity contribution in [2.75, 3.05) is 6.16 Å². The maximum absolute atomic E-state index is 2.58. The van der Waals surface area contributed by atoms with E-state index in [2.05, 4.69) is 107 Å². The molecule has 0 saturated carbocycles. The Balaban J connectivity index is 0.000000615. The monoisotopic (exact) mass is 404 g/mol. The summed E-state index contributed by atoms with van der Waals surface area (Å²) in [6.45, 7) is 2.09. The Morgan fingerprint density at radius 1 is 0.609 bits per heavy atom. The molecular formula is C20H23BrP2. The van der Waals surface area contributed by atoms with Crippen LogP contribution in [0.2, 0.25) is 0 Å². The first kappa shape index (κ1) is 20.0. The lowest BCUT2D eigenvalue weighted by Gasteiger charge is -2.18. The predicted octanol–water partition coefficient (Wildman–Crippen LogP) is 4.90. The van der Waals surface area contributed by atoms with Crippen LogP contribution in [0.1, 0.15) is 6.92 Å². The van der Waals surface area contributed by atoms with Crippen molar-refractivity contribution in [3.63, 3.8) is 0 Å². The van der Waals surface area contributed by atoms with E-state index in [-0.39, 0.29) is 17.0 Å². The zero-order chi connectivity index (χ0) is 15.6. The maximum Gasteiger partial charge on any atom is -0.0134 e. The minimum atomic E-state index is -0.446. The van der Waals surface area contributed by atoms with Gasteiger partial charge in [0, 0.05) is 0 Å². The smallest absolute Gasteiger partial charge is 0.0134 e. The molecule has 3 rings (SSSR count). The number of hydrogen-bond acceptors (Lipinski definition) is 0. The lowest BCUT2D eigenvalue weighted by atomic mass is 10.4.